The van der Waals surface area contributed by atoms with Crippen molar-refractivity contribution in [3.05, 3.63) is 73.6 Å². The van der Waals surface area contributed by atoms with E-state index < -0.39 is 11.6 Å². The van der Waals surface area contributed by atoms with Crippen LogP contribution < -0.4 is 15.5 Å². The van der Waals surface area contributed by atoms with E-state index in [1.54, 1.807) is 43.3 Å². The van der Waals surface area contributed by atoms with Crippen molar-refractivity contribution in [2.75, 3.05) is 0 Å². The highest BCUT2D eigenvalue weighted by Crippen LogP contribution is 2.28. The third kappa shape index (κ3) is 4.26. The average molecular weight is 406 g/mol. The van der Waals surface area contributed by atoms with Crippen molar-refractivity contribution in [2.45, 2.75) is 26.4 Å². The molecule has 1 aromatic heterocycles. The van der Waals surface area contributed by atoms with E-state index in [1.807, 2.05) is 0 Å². The molecule has 0 N–H and O–H groups in total. The maximum absolute atomic E-state index is 12.2. The summed E-state index contributed by atoms with van der Waals surface area (Å²) in [6.07, 6.45) is -0.174. The third-order valence-electron chi connectivity index (χ3n) is 4.28. The molecule has 0 spiro atoms. The molecule has 2 aromatic carbocycles. The number of carbonyl (C=O) groups is 1. The Bertz CT molecular complexity index is 1050. The number of aliphatic carboxylic acids is 1. The molecular weight excluding hydrogens is 391 g/mol. The van der Waals surface area contributed by atoms with Gasteiger partial charge in [0.1, 0.15) is 17.9 Å². The van der Waals surface area contributed by atoms with Gasteiger partial charge in [0.25, 0.3) is 0 Å². The van der Waals surface area contributed by atoms with Gasteiger partial charge in [-0.3, -0.25) is 0 Å². The number of fused-ring (bicyclic) bond motifs is 1. The first kappa shape index (κ1) is 19.3. The Morgan fingerprint density at radius 1 is 1.15 bits per heavy atom. The fourth-order valence-electron chi connectivity index (χ4n) is 2.81. The van der Waals surface area contributed by atoms with Gasteiger partial charge >= 0.3 is 5.63 Å². The topological polar surface area (TPSA) is 79.6 Å². The first-order valence-corrected chi connectivity index (χ1v) is 8.94. The summed E-state index contributed by atoms with van der Waals surface area (Å²) >= 11 is 12.3. The van der Waals surface area contributed by atoms with E-state index in [-0.39, 0.29) is 19.4 Å². The van der Waals surface area contributed by atoms with Gasteiger partial charge in [-0.25, -0.2) is 4.79 Å². The number of ether oxygens (including phenoxy) is 1. The Hall–Kier alpha value is -2.50. The number of benzene rings is 2. The lowest BCUT2D eigenvalue weighted by Gasteiger charge is -2.11. The molecule has 0 radical (unpaired) electrons. The number of carboxylic acids is 1. The van der Waals surface area contributed by atoms with Crippen molar-refractivity contribution in [3.63, 3.8) is 0 Å². The molecular formula is C20H15Cl2O5-. The Balaban J connectivity index is 1.88. The lowest BCUT2D eigenvalue weighted by Crippen LogP contribution is -2.24. The van der Waals surface area contributed by atoms with Crippen LogP contribution in [0.1, 0.15) is 23.1 Å². The third-order valence-corrected chi connectivity index (χ3v) is 4.99. The molecule has 0 atom stereocenters. The van der Waals surface area contributed by atoms with Crippen LogP contribution in [0, 0.1) is 6.92 Å². The SMILES string of the molecule is Cc1c(CCC(=O)[O-])c(=O)oc2cc(OCc3c(Cl)cccc3Cl)ccc12. The van der Waals surface area contributed by atoms with Crippen LogP contribution in [0.15, 0.2) is 45.6 Å². The molecule has 0 fully saturated rings. The van der Waals surface area contributed by atoms with E-state index in [0.29, 0.717) is 43.5 Å². The highest BCUT2D eigenvalue weighted by Gasteiger charge is 2.13. The predicted octanol–water partition coefficient (Wildman–Crippen LogP) is 3.67. The monoisotopic (exact) mass is 405 g/mol. The Labute approximate surface area is 165 Å². The summed E-state index contributed by atoms with van der Waals surface area (Å²) in [6.45, 7) is 1.92. The van der Waals surface area contributed by atoms with Gasteiger partial charge in [0.2, 0.25) is 0 Å². The molecule has 5 nitrogen and oxygen atoms in total. The number of aryl methyl sites for hydroxylation is 1. The average Bonchev–Trinajstić information content (AvgIpc) is 2.60. The van der Waals surface area contributed by atoms with E-state index in [2.05, 4.69) is 0 Å². The maximum Gasteiger partial charge on any atom is 0.339 e. The lowest BCUT2D eigenvalue weighted by molar-refractivity contribution is -0.305. The van der Waals surface area contributed by atoms with Crippen molar-refractivity contribution in [2.24, 2.45) is 0 Å². The molecule has 3 aromatic rings. The van der Waals surface area contributed by atoms with Gasteiger partial charge in [0.05, 0.1) is 0 Å². The smallest absolute Gasteiger partial charge is 0.339 e. The van der Waals surface area contributed by atoms with E-state index in [0.717, 1.165) is 0 Å². The van der Waals surface area contributed by atoms with Crippen LogP contribution in [0.25, 0.3) is 11.0 Å². The normalized spacial score (nSPS) is 10.9. The second-order valence-electron chi connectivity index (χ2n) is 6.01. The molecule has 27 heavy (non-hydrogen) atoms. The van der Waals surface area contributed by atoms with Crippen molar-refractivity contribution in [1.82, 2.24) is 0 Å². The number of carbonyl (C=O) groups excluding carboxylic acids is 1. The zero-order chi connectivity index (χ0) is 19.6. The van der Waals surface area contributed by atoms with Gasteiger partial charge in [-0.05, 0) is 49.6 Å². The molecule has 0 amide bonds. The zero-order valence-electron chi connectivity index (χ0n) is 14.4. The predicted molar refractivity (Wildman–Crippen MR) is 101 cm³/mol. The van der Waals surface area contributed by atoms with Gasteiger partial charge in [0, 0.05) is 38.6 Å². The molecule has 140 valence electrons. The lowest BCUT2D eigenvalue weighted by atomic mass is 10.0. The van der Waals surface area contributed by atoms with Crippen LogP contribution in [-0.2, 0) is 17.8 Å². The molecule has 3 rings (SSSR count). The van der Waals surface area contributed by atoms with E-state index in [4.69, 9.17) is 32.4 Å². The molecule has 0 saturated heterocycles. The van der Waals surface area contributed by atoms with Gasteiger partial charge in [0.15, 0.2) is 0 Å². The van der Waals surface area contributed by atoms with Crippen molar-refractivity contribution in [3.8, 4) is 5.75 Å². The van der Waals surface area contributed by atoms with Crippen LogP contribution >= 0.6 is 23.2 Å². The number of rotatable bonds is 6. The van der Waals surface area contributed by atoms with Crippen molar-refractivity contribution < 1.29 is 19.1 Å². The number of halogens is 2. The Kier molecular flexibility index (Phi) is 5.73. The van der Waals surface area contributed by atoms with Gasteiger partial charge in [-0.2, -0.15) is 0 Å². The Morgan fingerprint density at radius 3 is 2.52 bits per heavy atom. The largest absolute Gasteiger partial charge is 0.550 e. The summed E-state index contributed by atoms with van der Waals surface area (Å²) in [5.41, 5.74) is 1.48. The summed E-state index contributed by atoms with van der Waals surface area (Å²) in [5.74, 6) is -0.723. The first-order valence-electron chi connectivity index (χ1n) is 8.18. The molecule has 1 heterocycles. The van der Waals surface area contributed by atoms with Crippen LogP contribution in [0.3, 0.4) is 0 Å². The van der Waals surface area contributed by atoms with E-state index in [9.17, 15) is 14.7 Å². The van der Waals surface area contributed by atoms with E-state index >= 15 is 0 Å². The molecule has 7 heteroatoms. The first-order chi connectivity index (χ1) is 12.9. The molecule has 0 saturated carbocycles. The fraction of sp³-hybridized carbons (Fsp3) is 0.200. The van der Waals surface area contributed by atoms with Crippen LogP contribution in [0.5, 0.6) is 5.75 Å². The molecule has 0 aliphatic rings. The highest BCUT2D eigenvalue weighted by atomic mass is 35.5. The summed E-state index contributed by atoms with van der Waals surface area (Å²) in [6, 6.07) is 10.3. The molecule has 0 unspecified atom stereocenters. The fourth-order valence-corrected chi connectivity index (χ4v) is 3.31. The minimum absolute atomic E-state index is 0.0652. The number of hydrogen-bond donors (Lipinski definition) is 0. The van der Waals surface area contributed by atoms with E-state index in [1.165, 1.54) is 0 Å². The van der Waals surface area contributed by atoms with Crippen molar-refractivity contribution >= 4 is 40.1 Å². The second-order valence-corrected chi connectivity index (χ2v) is 6.83. The Morgan fingerprint density at radius 2 is 1.85 bits per heavy atom. The van der Waals surface area contributed by atoms with Crippen LogP contribution in [0.4, 0.5) is 0 Å². The second kappa shape index (κ2) is 8.03. The number of carboxylic acid groups (broad SMARTS) is 1. The van der Waals surface area contributed by atoms with Crippen molar-refractivity contribution in [1.29, 1.82) is 0 Å². The standard InChI is InChI=1S/C20H16Cl2O5/c1-11-13-6-5-12(26-10-15-16(21)3-2-4-17(15)22)9-18(13)27-20(25)14(11)7-8-19(23)24/h2-6,9H,7-8,10H2,1H3,(H,23,24)/p-1. The maximum atomic E-state index is 12.2. The quantitative estimate of drug-likeness (QED) is 0.584. The number of hydrogen-bond acceptors (Lipinski definition) is 5. The zero-order valence-corrected chi connectivity index (χ0v) is 15.9. The van der Waals surface area contributed by atoms with Gasteiger partial charge in [-0.1, -0.05) is 29.3 Å². The van der Waals surface area contributed by atoms with Crippen LogP contribution in [0.2, 0.25) is 10.0 Å². The highest BCUT2D eigenvalue weighted by molar-refractivity contribution is 6.35. The summed E-state index contributed by atoms with van der Waals surface area (Å²) in [4.78, 5) is 22.9. The molecule has 0 aliphatic carbocycles. The van der Waals surface area contributed by atoms with Crippen LogP contribution in [-0.4, -0.2) is 5.97 Å². The minimum Gasteiger partial charge on any atom is -0.550 e. The van der Waals surface area contributed by atoms with Gasteiger partial charge < -0.3 is 19.1 Å². The minimum atomic E-state index is -1.21. The molecule has 0 bridgehead atoms. The summed E-state index contributed by atoms with van der Waals surface area (Å²) in [5, 5.41) is 12.4. The summed E-state index contributed by atoms with van der Waals surface area (Å²) in [7, 11) is 0. The summed E-state index contributed by atoms with van der Waals surface area (Å²) < 4.78 is 11.1. The van der Waals surface area contributed by atoms with Gasteiger partial charge in [-0.15, -0.1) is 0 Å². The molecule has 0 aliphatic heterocycles.